The van der Waals surface area contributed by atoms with E-state index in [9.17, 15) is 4.21 Å². The number of benzene rings is 2. The normalized spacial score (nSPS) is 13.9. The summed E-state index contributed by atoms with van der Waals surface area (Å²) in [4.78, 5) is 4.54. The average molecular weight is 498 g/mol. The Kier molecular flexibility index (Phi) is 6.36. The van der Waals surface area contributed by atoms with Crippen molar-refractivity contribution in [3.05, 3.63) is 82.6 Å². The van der Waals surface area contributed by atoms with E-state index < -0.39 is 15.7 Å². The molecule has 0 saturated heterocycles. The van der Waals surface area contributed by atoms with Gasteiger partial charge in [-0.05, 0) is 66.5 Å². The molecule has 0 aliphatic heterocycles. The number of fused-ring (bicyclic) bond motifs is 1. The highest BCUT2D eigenvalue weighted by Gasteiger charge is 2.26. The highest BCUT2D eigenvalue weighted by atomic mass is 79.9. The Labute approximate surface area is 193 Å². The largest absolute Gasteiger partial charge is 0.356 e. The van der Waals surface area contributed by atoms with Crippen molar-refractivity contribution in [2.75, 3.05) is 0 Å². The smallest absolute Gasteiger partial charge is 0.167 e. The molecule has 0 bridgehead atoms. The topological polar surface area (TPSA) is 68.0 Å². The molecule has 2 aromatic heterocycles. The standard InChI is InChI=1S/C24H24BrN3O2S/c1-24(2,3)31(29)28-21(14-17-13-12-16(25)15-26-17)18-8-4-5-9-19(18)23-20-10-6-7-11-22(20)30-27-23/h4-13,15,21,28H,14H2,1-3H3/t21-,31-/m0/s1. The molecule has 4 aromatic rings. The summed E-state index contributed by atoms with van der Waals surface area (Å²) in [6.07, 6.45) is 2.37. The zero-order valence-corrected chi connectivity index (χ0v) is 20.0. The number of hydrogen-bond acceptors (Lipinski definition) is 4. The van der Waals surface area contributed by atoms with Gasteiger partial charge >= 0.3 is 0 Å². The Morgan fingerprint density at radius 3 is 2.55 bits per heavy atom. The van der Waals surface area contributed by atoms with E-state index in [1.807, 2.05) is 75.4 Å². The van der Waals surface area contributed by atoms with E-state index in [0.29, 0.717) is 6.42 Å². The zero-order chi connectivity index (χ0) is 22.0. The molecule has 31 heavy (non-hydrogen) atoms. The number of rotatable bonds is 6. The number of halogens is 1. The second-order valence-electron chi connectivity index (χ2n) is 8.34. The van der Waals surface area contributed by atoms with Crippen LogP contribution in [0, 0.1) is 0 Å². The molecule has 5 nitrogen and oxygen atoms in total. The van der Waals surface area contributed by atoms with Crippen molar-refractivity contribution in [2.45, 2.75) is 38.0 Å². The first-order valence-electron chi connectivity index (χ1n) is 10.0. The van der Waals surface area contributed by atoms with E-state index in [4.69, 9.17) is 4.52 Å². The second-order valence-corrected chi connectivity index (χ2v) is 11.3. The van der Waals surface area contributed by atoms with Crippen LogP contribution in [0.2, 0.25) is 0 Å². The maximum atomic E-state index is 13.0. The minimum Gasteiger partial charge on any atom is -0.356 e. The van der Waals surface area contributed by atoms with Crippen molar-refractivity contribution >= 4 is 37.9 Å². The van der Waals surface area contributed by atoms with Crippen LogP contribution in [0.1, 0.15) is 38.1 Å². The summed E-state index contributed by atoms with van der Waals surface area (Å²) in [6, 6.07) is 19.6. The fourth-order valence-electron chi connectivity index (χ4n) is 3.35. The molecular formula is C24H24BrN3O2S. The van der Waals surface area contributed by atoms with Gasteiger partial charge in [0.15, 0.2) is 5.58 Å². The van der Waals surface area contributed by atoms with Crippen molar-refractivity contribution in [2.24, 2.45) is 0 Å². The van der Waals surface area contributed by atoms with Crippen molar-refractivity contribution in [1.82, 2.24) is 14.9 Å². The molecule has 0 aliphatic rings. The van der Waals surface area contributed by atoms with Crippen molar-refractivity contribution in [3.63, 3.8) is 0 Å². The van der Waals surface area contributed by atoms with Crippen LogP contribution in [-0.2, 0) is 17.4 Å². The second kappa shape index (κ2) is 9.02. The van der Waals surface area contributed by atoms with Crippen LogP contribution < -0.4 is 4.72 Å². The number of pyridine rings is 1. The molecule has 2 heterocycles. The van der Waals surface area contributed by atoms with Gasteiger partial charge in [0.05, 0.1) is 21.8 Å². The molecular weight excluding hydrogens is 474 g/mol. The van der Waals surface area contributed by atoms with Gasteiger partial charge in [0.1, 0.15) is 5.69 Å². The van der Waals surface area contributed by atoms with E-state index in [1.54, 1.807) is 6.20 Å². The van der Waals surface area contributed by atoms with Gasteiger partial charge in [0.25, 0.3) is 0 Å². The van der Waals surface area contributed by atoms with E-state index in [2.05, 4.69) is 36.9 Å². The third-order valence-electron chi connectivity index (χ3n) is 4.98. The Hall–Kier alpha value is -2.35. The number of hydrogen-bond donors (Lipinski definition) is 1. The van der Waals surface area contributed by atoms with Crippen molar-refractivity contribution in [1.29, 1.82) is 0 Å². The van der Waals surface area contributed by atoms with Crippen LogP contribution in [0.4, 0.5) is 0 Å². The molecule has 160 valence electrons. The lowest BCUT2D eigenvalue weighted by molar-refractivity contribution is 0.459. The third kappa shape index (κ3) is 4.95. The summed E-state index contributed by atoms with van der Waals surface area (Å²) in [7, 11) is -1.26. The molecule has 4 rings (SSSR count). The van der Waals surface area contributed by atoms with Gasteiger partial charge in [-0.3, -0.25) is 4.98 Å². The molecule has 0 radical (unpaired) electrons. The summed E-state index contributed by atoms with van der Waals surface area (Å²) in [5.74, 6) is 0. The lowest BCUT2D eigenvalue weighted by Gasteiger charge is -2.26. The molecule has 0 fully saturated rings. The van der Waals surface area contributed by atoms with E-state index in [1.165, 1.54) is 0 Å². The van der Waals surface area contributed by atoms with Gasteiger partial charge in [-0.2, -0.15) is 0 Å². The molecule has 2 atom stereocenters. The van der Waals surface area contributed by atoms with Crippen LogP contribution in [0.3, 0.4) is 0 Å². The van der Waals surface area contributed by atoms with Crippen LogP contribution in [-0.4, -0.2) is 19.1 Å². The molecule has 0 saturated carbocycles. The van der Waals surface area contributed by atoms with Gasteiger partial charge in [-0.1, -0.05) is 41.6 Å². The van der Waals surface area contributed by atoms with Gasteiger partial charge in [-0.25, -0.2) is 8.93 Å². The lowest BCUT2D eigenvalue weighted by Crippen LogP contribution is -2.36. The molecule has 7 heteroatoms. The lowest BCUT2D eigenvalue weighted by atomic mass is 9.94. The minimum atomic E-state index is -1.26. The Balaban J connectivity index is 1.79. The molecule has 0 spiro atoms. The van der Waals surface area contributed by atoms with Crippen molar-refractivity contribution in [3.8, 4) is 11.3 Å². The van der Waals surface area contributed by atoms with Gasteiger partial charge in [0, 0.05) is 33.7 Å². The fourth-order valence-corrected chi connectivity index (χ4v) is 4.41. The predicted molar refractivity (Wildman–Crippen MR) is 129 cm³/mol. The summed E-state index contributed by atoms with van der Waals surface area (Å²) in [6.45, 7) is 5.88. The number of nitrogens with zero attached hydrogens (tertiary/aromatic N) is 2. The molecule has 0 unspecified atom stereocenters. The zero-order valence-electron chi connectivity index (χ0n) is 17.6. The number of para-hydroxylation sites is 1. The monoisotopic (exact) mass is 497 g/mol. The SMILES string of the molecule is CC(C)(C)[S@](=O)N[C@@H](Cc1ccc(Br)cn1)c1ccccc1-c1noc2ccccc12. The summed E-state index contributed by atoms with van der Waals surface area (Å²) in [5.41, 5.74) is 4.39. The number of aromatic nitrogens is 2. The fraction of sp³-hybridized carbons (Fsp3) is 0.250. The van der Waals surface area contributed by atoms with E-state index in [-0.39, 0.29) is 6.04 Å². The Morgan fingerprint density at radius 1 is 1.06 bits per heavy atom. The summed E-state index contributed by atoms with van der Waals surface area (Å²) < 4.78 is 22.5. The minimum absolute atomic E-state index is 0.222. The molecule has 1 N–H and O–H groups in total. The molecule has 0 aliphatic carbocycles. The molecule has 2 aromatic carbocycles. The Bertz CT molecular complexity index is 1220. The Morgan fingerprint density at radius 2 is 1.81 bits per heavy atom. The van der Waals surface area contributed by atoms with Crippen molar-refractivity contribution < 1.29 is 8.73 Å². The highest BCUT2D eigenvalue weighted by Crippen LogP contribution is 2.34. The van der Waals surface area contributed by atoms with Gasteiger partial charge in [0.2, 0.25) is 0 Å². The van der Waals surface area contributed by atoms with Crippen LogP contribution in [0.25, 0.3) is 22.2 Å². The van der Waals surface area contributed by atoms with E-state index >= 15 is 0 Å². The average Bonchev–Trinajstić information content (AvgIpc) is 3.18. The van der Waals surface area contributed by atoms with Crippen LogP contribution >= 0.6 is 15.9 Å². The van der Waals surface area contributed by atoms with Gasteiger partial charge in [-0.15, -0.1) is 0 Å². The highest BCUT2D eigenvalue weighted by molar-refractivity contribution is 9.10. The maximum absolute atomic E-state index is 13.0. The summed E-state index contributed by atoms with van der Waals surface area (Å²) >= 11 is 3.44. The first kappa shape index (κ1) is 21.9. The summed E-state index contributed by atoms with van der Waals surface area (Å²) in [5, 5.41) is 5.31. The first-order chi connectivity index (χ1) is 14.8. The van der Waals surface area contributed by atoms with Gasteiger partial charge < -0.3 is 4.52 Å². The quantitative estimate of drug-likeness (QED) is 0.355. The maximum Gasteiger partial charge on any atom is 0.167 e. The predicted octanol–water partition coefficient (Wildman–Crippen LogP) is 5.99. The van der Waals surface area contributed by atoms with Crippen LogP contribution in [0.15, 0.2) is 75.9 Å². The third-order valence-corrected chi connectivity index (χ3v) is 7.06. The van der Waals surface area contributed by atoms with Crippen LogP contribution in [0.5, 0.6) is 0 Å². The first-order valence-corrected chi connectivity index (χ1v) is 12.0. The van der Waals surface area contributed by atoms with E-state index in [0.717, 1.165) is 38.0 Å². The molecule has 0 amide bonds. The number of nitrogens with one attached hydrogen (secondary N) is 1.